The van der Waals surface area contributed by atoms with E-state index in [-0.39, 0.29) is 71.2 Å². The first-order valence-electron chi connectivity index (χ1n) is 16.9. The van der Waals surface area contributed by atoms with Gasteiger partial charge in [-0.3, -0.25) is 9.69 Å². The summed E-state index contributed by atoms with van der Waals surface area (Å²) in [5.74, 6) is -0.566. The molecule has 0 aliphatic carbocycles. The Morgan fingerprint density at radius 3 is 2.63 bits per heavy atom. The van der Waals surface area contributed by atoms with Crippen molar-refractivity contribution >= 4 is 60.7 Å². The smallest absolute Gasteiger partial charge is 0.319 e. The molecule has 2 aromatic carbocycles. The van der Waals surface area contributed by atoms with Crippen LogP contribution in [0.5, 0.6) is 6.01 Å². The highest BCUT2D eigenvalue weighted by Gasteiger charge is 2.50. The van der Waals surface area contributed by atoms with Crippen LogP contribution in [0.3, 0.4) is 0 Å². The van der Waals surface area contributed by atoms with Crippen molar-refractivity contribution in [2.75, 3.05) is 63.1 Å². The van der Waals surface area contributed by atoms with Gasteiger partial charge in [-0.05, 0) is 69.3 Å². The molecule has 3 N–H and O–H groups in total. The van der Waals surface area contributed by atoms with Gasteiger partial charge >= 0.3 is 6.01 Å². The van der Waals surface area contributed by atoms with E-state index in [1.54, 1.807) is 6.07 Å². The van der Waals surface area contributed by atoms with Crippen molar-refractivity contribution in [1.29, 1.82) is 5.26 Å². The van der Waals surface area contributed by atoms with Crippen LogP contribution in [0.1, 0.15) is 44.1 Å². The maximum Gasteiger partial charge on any atom is 0.319 e. The summed E-state index contributed by atoms with van der Waals surface area (Å²) in [5, 5.41) is 13.9. The maximum absolute atomic E-state index is 17.1. The Hall–Kier alpha value is -3.83. The number of nitrogens with zero attached hydrogens (tertiary/aromatic N) is 6. The number of nitrogen functional groups attached to an aromatic ring is 1. The molecule has 49 heavy (non-hydrogen) atoms. The zero-order valence-corrected chi connectivity index (χ0v) is 28.4. The van der Waals surface area contributed by atoms with Crippen LogP contribution in [0.2, 0.25) is 5.02 Å². The molecule has 1 amide bonds. The van der Waals surface area contributed by atoms with Gasteiger partial charge in [0.25, 0.3) is 0 Å². The second-order valence-electron chi connectivity index (χ2n) is 14.4. The van der Waals surface area contributed by atoms with Gasteiger partial charge < -0.3 is 25.6 Å². The Kier molecular flexibility index (Phi) is 7.22. The highest BCUT2D eigenvalue weighted by atomic mass is 35.5. The van der Waals surface area contributed by atoms with Crippen LogP contribution in [0, 0.1) is 28.4 Å². The number of thiophene rings is 1. The minimum Gasteiger partial charge on any atom is -0.461 e. The number of nitriles is 1. The number of carbonyl (C=O) groups is 1. The third kappa shape index (κ3) is 4.93. The first kappa shape index (κ1) is 31.2. The van der Waals surface area contributed by atoms with Crippen LogP contribution in [0.4, 0.5) is 19.6 Å². The van der Waals surface area contributed by atoms with Crippen molar-refractivity contribution in [3.05, 3.63) is 40.4 Å². The average Bonchev–Trinajstić information content (AvgIpc) is 3.60. The summed E-state index contributed by atoms with van der Waals surface area (Å²) in [5.41, 5.74) is 6.35. The second-order valence-corrected chi connectivity index (χ2v) is 15.9. The van der Waals surface area contributed by atoms with Gasteiger partial charge in [0, 0.05) is 54.5 Å². The molecule has 5 saturated heterocycles. The zero-order chi connectivity index (χ0) is 33.7. The molecule has 4 aromatic rings. The highest BCUT2D eigenvalue weighted by molar-refractivity contribution is 7.23. The fourth-order valence-electron chi connectivity index (χ4n) is 8.90. The minimum absolute atomic E-state index is 0.0115. The van der Waals surface area contributed by atoms with Crippen molar-refractivity contribution in [3.63, 3.8) is 0 Å². The summed E-state index contributed by atoms with van der Waals surface area (Å²) in [6, 6.07) is 6.43. The number of benzene rings is 2. The number of amides is 1. The number of rotatable bonds is 6. The summed E-state index contributed by atoms with van der Waals surface area (Å²) < 4.78 is 38.6. The van der Waals surface area contributed by atoms with Crippen molar-refractivity contribution in [3.8, 4) is 23.2 Å². The highest BCUT2D eigenvalue weighted by Crippen LogP contribution is 2.47. The second kappa shape index (κ2) is 11.3. The molecule has 7 heterocycles. The van der Waals surface area contributed by atoms with Gasteiger partial charge in [-0.15, -0.1) is 11.3 Å². The lowest BCUT2D eigenvalue weighted by Crippen LogP contribution is -2.65. The van der Waals surface area contributed by atoms with Gasteiger partial charge in [-0.2, -0.15) is 15.2 Å². The SMILES string of the molecule is N#Cc1c(N)sc2c(F)ccc(-c3c(Cl)cc4c(N5CCCC6(CN(C(=O)C7CN7)C6)C5)nc(OCC56CCCN5CCC6)nc4c3F)c12. The summed E-state index contributed by atoms with van der Waals surface area (Å²) in [6.07, 6.45) is 6.17. The standard InChI is InChI=1S/C35H35ClF2N8O2S/c36-22-12-20-28(27(38)26(22)19-4-5-23(37)29-25(19)21(13-39)30(40)49-29)42-33(48-18-35-7-2-10-46(35)11-3-8-35)43-31(20)44-9-1-6-34(15-44)16-45(17-34)32(47)24-14-41-24/h4-5,12,24,41H,1-3,6-11,14-18,40H2. The number of likely N-dealkylation sites (tertiary alicyclic amines) is 1. The molecule has 5 aliphatic heterocycles. The van der Waals surface area contributed by atoms with Crippen LogP contribution in [0.15, 0.2) is 18.2 Å². The van der Waals surface area contributed by atoms with E-state index in [9.17, 15) is 14.4 Å². The van der Waals surface area contributed by atoms with Crippen LogP contribution < -0.4 is 20.7 Å². The number of hydrogen-bond donors (Lipinski definition) is 2. The average molecular weight is 705 g/mol. The van der Waals surface area contributed by atoms with Crippen molar-refractivity contribution < 1.29 is 18.3 Å². The fourth-order valence-corrected chi connectivity index (χ4v) is 10.1. The van der Waals surface area contributed by atoms with Crippen LogP contribution in [0.25, 0.3) is 32.1 Å². The topological polar surface area (TPSA) is 134 Å². The lowest BCUT2D eigenvalue weighted by atomic mass is 9.73. The third-order valence-corrected chi connectivity index (χ3v) is 12.7. The number of nitrogens with two attached hydrogens (primary N) is 1. The summed E-state index contributed by atoms with van der Waals surface area (Å²) in [6.45, 7) is 5.93. The molecule has 9 rings (SSSR count). The Labute approximate surface area is 290 Å². The van der Waals surface area contributed by atoms with E-state index < -0.39 is 11.6 Å². The number of anilines is 2. The minimum atomic E-state index is -0.705. The zero-order valence-electron chi connectivity index (χ0n) is 26.8. The number of ether oxygens (including phenoxy) is 1. The third-order valence-electron chi connectivity index (χ3n) is 11.4. The van der Waals surface area contributed by atoms with Crippen LogP contribution in [-0.4, -0.2) is 89.7 Å². The molecule has 0 radical (unpaired) electrons. The molecule has 254 valence electrons. The molecule has 14 heteroatoms. The molecule has 5 fully saturated rings. The Bertz CT molecular complexity index is 2080. The number of piperidine rings is 1. The number of aromatic nitrogens is 2. The van der Waals surface area contributed by atoms with E-state index in [1.165, 1.54) is 12.1 Å². The predicted octanol–water partition coefficient (Wildman–Crippen LogP) is 5.30. The van der Waals surface area contributed by atoms with Crippen molar-refractivity contribution in [1.82, 2.24) is 25.1 Å². The first-order chi connectivity index (χ1) is 23.7. The fraction of sp³-hybridized carbons (Fsp3) is 0.486. The van der Waals surface area contributed by atoms with E-state index >= 15 is 4.39 Å². The number of halogens is 3. The largest absolute Gasteiger partial charge is 0.461 e. The molecule has 0 saturated carbocycles. The number of carbonyl (C=O) groups excluding carboxylic acids is 1. The normalized spacial score (nSPS) is 22.4. The summed E-state index contributed by atoms with van der Waals surface area (Å²) in [4.78, 5) is 28.9. The summed E-state index contributed by atoms with van der Waals surface area (Å²) in [7, 11) is 0. The molecule has 0 bridgehead atoms. The maximum atomic E-state index is 17.1. The molecule has 5 aliphatic rings. The van der Waals surface area contributed by atoms with Gasteiger partial charge in [0.15, 0.2) is 5.82 Å². The molecule has 1 atom stereocenters. The number of fused-ring (bicyclic) bond motifs is 3. The monoisotopic (exact) mass is 704 g/mol. The molecular formula is C35H35ClF2N8O2S. The van der Waals surface area contributed by atoms with Gasteiger partial charge in [0.2, 0.25) is 5.91 Å². The van der Waals surface area contributed by atoms with Gasteiger partial charge in [-0.1, -0.05) is 17.7 Å². The van der Waals surface area contributed by atoms with E-state index in [1.807, 2.05) is 4.90 Å². The van der Waals surface area contributed by atoms with Crippen LogP contribution >= 0.6 is 22.9 Å². The quantitative estimate of drug-likeness (QED) is 0.257. The Balaban J connectivity index is 1.15. The molecule has 1 spiro atoms. The van der Waals surface area contributed by atoms with E-state index in [0.717, 1.165) is 69.5 Å². The number of hydrogen-bond acceptors (Lipinski definition) is 10. The van der Waals surface area contributed by atoms with E-state index in [0.29, 0.717) is 44.0 Å². The Morgan fingerprint density at radius 1 is 1.14 bits per heavy atom. The van der Waals surface area contributed by atoms with E-state index in [2.05, 4.69) is 26.2 Å². The summed E-state index contributed by atoms with van der Waals surface area (Å²) >= 11 is 7.87. The predicted molar refractivity (Wildman–Crippen MR) is 185 cm³/mol. The van der Waals surface area contributed by atoms with Gasteiger partial charge in [0.05, 0.1) is 26.9 Å². The Morgan fingerprint density at radius 2 is 1.90 bits per heavy atom. The van der Waals surface area contributed by atoms with E-state index in [4.69, 9.17) is 27.1 Å². The molecule has 1 unspecified atom stereocenters. The van der Waals surface area contributed by atoms with Gasteiger partial charge in [-0.25, -0.2) is 8.78 Å². The van der Waals surface area contributed by atoms with Crippen molar-refractivity contribution in [2.45, 2.75) is 50.1 Å². The van der Waals surface area contributed by atoms with Gasteiger partial charge in [0.1, 0.15) is 34.8 Å². The molecule has 2 aromatic heterocycles. The molecule has 10 nitrogen and oxygen atoms in total. The lowest BCUT2D eigenvalue weighted by Gasteiger charge is -2.54. The van der Waals surface area contributed by atoms with Crippen LogP contribution in [-0.2, 0) is 4.79 Å². The first-order valence-corrected chi connectivity index (χ1v) is 18.1. The lowest BCUT2D eigenvalue weighted by molar-refractivity contribution is -0.143. The molecular weight excluding hydrogens is 670 g/mol. The van der Waals surface area contributed by atoms with Crippen molar-refractivity contribution in [2.24, 2.45) is 5.41 Å². The number of nitrogens with one attached hydrogen (secondary N) is 1.